The summed E-state index contributed by atoms with van der Waals surface area (Å²) in [7, 11) is 1.94. The van der Waals surface area contributed by atoms with Crippen LogP contribution in [0.25, 0.3) is 0 Å². The average molecular weight is 308 g/mol. The van der Waals surface area contributed by atoms with Gasteiger partial charge in [-0.15, -0.1) is 0 Å². The molecule has 1 fully saturated rings. The van der Waals surface area contributed by atoms with E-state index in [1.165, 1.54) is 11.1 Å². The Bertz CT molecular complexity index is 668. The number of benzene rings is 2. The largest absolute Gasteiger partial charge is 0.342 e. The Balaban J connectivity index is 1.71. The lowest BCUT2D eigenvalue weighted by atomic mass is 9.92. The van der Waals surface area contributed by atoms with Crippen LogP contribution in [0.5, 0.6) is 0 Å². The van der Waals surface area contributed by atoms with Crippen LogP contribution in [-0.2, 0) is 24.2 Å². The fourth-order valence-corrected chi connectivity index (χ4v) is 3.55. The number of likely N-dealkylation sites (N-methyl/N-ethyl adjacent to an activating group) is 1. The van der Waals surface area contributed by atoms with Crippen LogP contribution in [0, 0.1) is 5.92 Å². The maximum absolute atomic E-state index is 12.6. The van der Waals surface area contributed by atoms with E-state index >= 15 is 0 Å². The summed E-state index contributed by atoms with van der Waals surface area (Å²) < 4.78 is 0. The maximum atomic E-state index is 12.6. The predicted molar refractivity (Wildman–Crippen MR) is 92.8 cm³/mol. The van der Waals surface area contributed by atoms with Gasteiger partial charge in [0, 0.05) is 25.6 Å². The SMILES string of the molecule is CN1C(=O)C(Cc2ccccc2CN)C[C@@H]1Cc1ccccc1. The van der Waals surface area contributed by atoms with Crippen molar-refractivity contribution in [2.24, 2.45) is 11.7 Å². The van der Waals surface area contributed by atoms with Crippen molar-refractivity contribution in [3.05, 3.63) is 71.3 Å². The third-order valence-electron chi connectivity index (χ3n) is 4.92. The van der Waals surface area contributed by atoms with Gasteiger partial charge in [-0.3, -0.25) is 4.79 Å². The van der Waals surface area contributed by atoms with Crippen molar-refractivity contribution in [1.82, 2.24) is 4.90 Å². The molecule has 2 aromatic carbocycles. The minimum Gasteiger partial charge on any atom is -0.342 e. The van der Waals surface area contributed by atoms with E-state index < -0.39 is 0 Å². The van der Waals surface area contributed by atoms with Crippen molar-refractivity contribution < 1.29 is 4.79 Å². The summed E-state index contributed by atoms with van der Waals surface area (Å²) in [6.45, 7) is 0.528. The first-order valence-electron chi connectivity index (χ1n) is 8.26. The van der Waals surface area contributed by atoms with Crippen LogP contribution in [0.4, 0.5) is 0 Å². The van der Waals surface area contributed by atoms with E-state index in [9.17, 15) is 4.79 Å². The minimum absolute atomic E-state index is 0.0708. The van der Waals surface area contributed by atoms with Crippen LogP contribution >= 0.6 is 0 Å². The Morgan fingerprint density at radius 3 is 2.35 bits per heavy atom. The topological polar surface area (TPSA) is 46.3 Å². The number of likely N-dealkylation sites (tertiary alicyclic amines) is 1. The van der Waals surface area contributed by atoms with Gasteiger partial charge in [-0.2, -0.15) is 0 Å². The van der Waals surface area contributed by atoms with E-state index in [1.807, 2.05) is 30.1 Å². The maximum Gasteiger partial charge on any atom is 0.226 e. The Morgan fingerprint density at radius 1 is 1.00 bits per heavy atom. The van der Waals surface area contributed by atoms with Crippen LogP contribution in [0.2, 0.25) is 0 Å². The molecule has 0 radical (unpaired) electrons. The van der Waals surface area contributed by atoms with Crippen LogP contribution in [0.1, 0.15) is 23.1 Å². The Labute approximate surface area is 138 Å². The first kappa shape index (κ1) is 15.8. The Morgan fingerprint density at radius 2 is 1.65 bits per heavy atom. The zero-order valence-electron chi connectivity index (χ0n) is 13.6. The summed E-state index contributed by atoms with van der Waals surface area (Å²) >= 11 is 0. The second kappa shape index (κ2) is 6.97. The van der Waals surface area contributed by atoms with Gasteiger partial charge in [0.15, 0.2) is 0 Å². The lowest BCUT2D eigenvalue weighted by molar-refractivity contribution is -0.130. The number of hydrogen-bond acceptors (Lipinski definition) is 2. The summed E-state index contributed by atoms with van der Waals surface area (Å²) in [6, 6.07) is 18.9. The van der Waals surface area contributed by atoms with Crippen molar-refractivity contribution in [3.63, 3.8) is 0 Å². The van der Waals surface area contributed by atoms with Gasteiger partial charge in [-0.1, -0.05) is 54.6 Å². The number of carbonyl (C=O) groups is 1. The molecule has 3 heteroatoms. The molecule has 3 nitrogen and oxygen atoms in total. The van der Waals surface area contributed by atoms with Crippen molar-refractivity contribution in [3.8, 4) is 0 Å². The van der Waals surface area contributed by atoms with E-state index in [2.05, 4.69) is 36.4 Å². The second-order valence-electron chi connectivity index (χ2n) is 6.40. The van der Waals surface area contributed by atoms with Crippen molar-refractivity contribution in [1.29, 1.82) is 0 Å². The molecule has 0 bridgehead atoms. The zero-order chi connectivity index (χ0) is 16.2. The minimum atomic E-state index is 0.0708. The molecular weight excluding hydrogens is 284 g/mol. The van der Waals surface area contributed by atoms with Crippen LogP contribution in [0.3, 0.4) is 0 Å². The van der Waals surface area contributed by atoms with E-state index in [4.69, 9.17) is 5.73 Å². The van der Waals surface area contributed by atoms with E-state index in [0.717, 1.165) is 24.8 Å². The summed E-state index contributed by atoms with van der Waals surface area (Å²) in [5.41, 5.74) is 9.47. The molecule has 1 aliphatic heterocycles. The third kappa shape index (κ3) is 3.45. The number of nitrogens with zero attached hydrogens (tertiary/aromatic N) is 1. The molecule has 2 N–H and O–H groups in total. The van der Waals surface area contributed by atoms with Gasteiger partial charge in [0.25, 0.3) is 0 Å². The molecular formula is C20H24N2O. The summed E-state index contributed by atoms with van der Waals surface area (Å²) in [6.07, 6.45) is 2.64. The molecule has 0 spiro atoms. The van der Waals surface area contributed by atoms with Gasteiger partial charge < -0.3 is 10.6 Å². The van der Waals surface area contributed by atoms with Gasteiger partial charge in [-0.25, -0.2) is 0 Å². The summed E-state index contributed by atoms with van der Waals surface area (Å²) in [4.78, 5) is 14.5. The standard InChI is InChI=1S/C20H24N2O/c1-22-19(11-15-7-3-2-4-8-15)13-18(20(22)23)12-16-9-5-6-10-17(16)14-21/h2-10,18-19H,11-14,21H2,1H3/t18?,19-/m0/s1. The molecule has 0 aliphatic carbocycles. The number of carbonyl (C=O) groups excluding carboxylic acids is 1. The number of amides is 1. The molecule has 1 amide bonds. The van der Waals surface area contributed by atoms with Gasteiger partial charge in [0.2, 0.25) is 5.91 Å². The molecule has 23 heavy (non-hydrogen) atoms. The smallest absolute Gasteiger partial charge is 0.226 e. The highest BCUT2D eigenvalue weighted by atomic mass is 16.2. The molecule has 1 saturated heterocycles. The monoisotopic (exact) mass is 308 g/mol. The first-order valence-corrected chi connectivity index (χ1v) is 8.26. The van der Waals surface area contributed by atoms with Crippen LogP contribution in [0.15, 0.2) is 54.6 Å². The lowest BCUT2D eigenvalue weighted by Gasteiger charge is -2.19. The fourth-order valence-electron chi connectivity index (χ4n) is 3.55. The molecule has 3 rings (SSSR count). The summed E-state index contributed by atoms with van der Waals surface area (Å²) in [5, 5.41) is 0. The van der Waals surface area contributed by atoms with Crippen molar-refractivity contribution in [2.45, 2.75) is 31.8 Å². The van der Waals surface area contributed by atoms with E-state index in [1.54, 1.807) is 0 Å². The molecule has 0 saturated carbocycles. The number of rotatable bonds is 5. The summed E-state index contributed by atoms with van der Waals surface area (Å²) in [5.74, 6) is 0.333. The highest BCUT2D eigenvalue weighted by Gasteiger charge is 2.37. The Kier molecular flexibility index (Phi) is 4.77. The van der Waals surface area contributed by atoms with Crippen LogP contribution < -0.4 is 5.73 Å². The number of nitrogens with two attached hydrogens (primary N) is 1. The molecule has 1 heterocycles. The molecule has 2 atom stereocenters. The van der Waals surface area contributed by atoms with Gasteiger partial charge in [0.05, 0.1) is 0 Å². The lowest BCUT2D eigenvalue weighted by Crippen LogP contribution is -2.31. The predicted octanol–water partition coefficient (Wildman–Crippen LogP) is 2.78. The molecule has 1 unspecified atom stereocenters. The second-order valence-corrected chi connectivity index (χ2v) is 6.40. The molecule has 0 aromatic heterocycles. The molecule has 120 valence electrons. The van der Waals surface area contributed by atoms with Crippen molar-refractivity contribution >= 4 is 5.91 Å². The third-order valence-corrected chi connectivity index (χ3v) is 4.92. The van der Waals surface area contributed by atoms with Crippen molar-refractivity contribution in [2.75, 3.05) is 7.05 Å². The number of hydrogen-bond donors (Lipinski definition) is 1. The van der Waals surface area contributed by atoms with Crippen LogP contribution in [-0.4, -0.2) is 23.9 Å². The molecule has 1 aliphatic rings. The van der Waals surface area contributed by atoms with E-state index in [0.29, 0.717) is 12.6 Å². The normalized spacial score (nSPS) is 21.0. The van der Waals surface area contributed by atoms with Gasteiger partial charge >= 0.3 is 0 Å². The zero-order valence-corrected chi connectivity index (χ0v) is 13.6. The van der Waals surface area contributed by atoms with Gasteiger partial charge in [0.1, 0.15) is 0 Å². The highest BCUT2D eigenvalue weighted by molar-refractivity contribution is 5.81. The van der Waals surface area contributed by atoms with E-state index in [-0.39, 0.29) is 11.8 Å². The average Bonchev–Trinajstić information content (AvgIpc) is 2.84. The Hall–Kier alpha value is -2.13. The quantitative estimate of drug-likeness (QED) is 0.923. The highest BCUT2D eigenvalue weighted by Crippen LogP contribution is 2.29. The van der Waals surface area contributed by atoms with Gasteiger partial charge in [-0.05, 0) is 36.0 Å². The first-order chi connectivity index (χ1) is 11.2. The fraction of sp³-hybridized carbons (Fsp3) is 0.350. The molecule has 2 aromatic rings.